The number of hydrogen-bond acceptors (Lipinski definition) is 3. The lowest BCUT2D eigenvalue weighted by Gasteiger charge is -2.20. The van der Waals surface area contributed by atoms with Gasteiger partial charge in [0.15, 0.2) is 0 Å². The summed E-state index contributed by atoms with van der Waals surface area (Å²) in [6.07, 6.45) is 0.285. The second-order valence-corrected chi connectivity index (χ2v) is 4.32. The molecule has 0 aromatic heterocycles. The molecule has 0 fully saturated rings. The highest BCUT2D eigenvalue weighted by atomic mass is 16.2. The largest absolute Gasteiger partial charge is 0.355 e. The number of carbonyl (C=O) groups is 2. The van der Waals surface area contributed by atoms with E-state index in [1.165, 1.54) is 4.90 Å². The van der Waals surface area contributed by atoms with E-state index in [4.69, 9.17) is 5.73 Å². The van der Waals surface area contributed by atoms with Crippen molar-refractivity contribution in [2.24, 2.45) is 11.7 Å². The molecule has 2 amide bonds. The number of amides is 2. The monoisotopic (exact) mass is 229 g/mol. The second kappa shape index (κ2) is 7.22. The fourth-order valence-electron chi connectivity index (χ4n) is 1.15. The van der Waals surface area contributed by atoms with Crippen LogP contribution in [0.2, 0.25) is 0 Å². The first-order valence-electron chi connectivity index (χ1n) is 5.64. The van der Waals surface area contributed by atoms with Gasteiger partial charge in [0.1, 0.15) is 0 Å². The minimum Gasteiger partial charge on any atom is -0.355 e. The van der Waals surface area contributed by atoms with Gasteiger partial charge in [0.2, 0.25) is 11.8 Å². The molecule has 0 rings (SSSR count). The molecule has 0 bridgehead atoms. The second-order valence-electron chi connectivity index (χ2n) is 4.32. The van der Waals surface area contributed by atoms with Crippen LogP contribution in [0.15, 0.2) is 0 Å². The van der Waals surface area contributed by atoms with Crippen LogP contribution < -0.4 is 11.1 Å². The Morgan fingerprint density at radius 3 is 2.38 bits per heavy atom. The van der Waals surface area contributed by atoms with Crippen LogP contribution in [0.1, 0.15) is 27.2 Å². The molecule has 0 spiro atoms. The molecule has 0 heterocycles. The highest BCUT2D eigenvalue weighted by molar-refractivity contribution is 5.84. The van der Waals surface area contributed by atoms with Crippen LogP contribution in [0.4, 0.5) is 0 Å². The van der Waals surface area contributed by atoms with Gasteiger partial charge in [-0.1, -0.05) is 13.8 Å². The highest BCUT2D eigenvalue weighted by Crippen LogP contribution is 2.04. The van der Waals surface area contributed by atoms with Crippen molar-refractivity contribution in [3.63, 3.8) is 0 Å². The van der Waals surface area contributed by atoms with E-state index in [0.29, 0.717) is 6.54 Å². The van der Waals surface area contributed by atoms with Gasteiger partial charge in [-0.15, -0.1) is 0 Å². The molecule has 0 aliphatic rings. The van der Waals surface area contributed by atoms with Gasteiger partial charge in [0, 0.05) is 26.1 Å². The normalized spacial score (nSPS) is 12.4. The van der Waals surface area contributed by atoms with Crippen molar-refractivity contribution < 1.29 is 9.59 Å². The van der Waals surface area contributed by atoms with Crippen molar-refractivity contribution in [3.8, 4) is 0 Å². The fourth-order valence-corrected chi connectivity index (χ4v) is 1.15. The summed E-state index contributed by atoms with van der Waals surface area (Å²) in [6, 6.07) is -0.149. The molecular formula is C11H23N3O2. The number of nitrogens with zero attached hydrogens (tertiary/aromatic N) is 1. The van der Waals surface area contributed by atoms with E-state index in [-0.39, 0.29) is 36.7 Å². The zero-order chi connectivity index (χ0) is 12.7. The van der Waals surface area contributed by atoms with Crippen molar-refractivity contribution in [3.05, 3.63) is 0 Å². The lowest BCUT2D eigenvalue weighted by molar-refractivity contribution is -0.135. The molecule has 0 aromatic rings. The molecule has 16 heavy (non-hydrogen) atoms. The van der Waals surface area contributed by atoms with Gasteiger partial charge in [0.05, 0.1) is 6.54 Å². The number of carbonyl (C=O) groups excluding carboxylic acids is 2. The van der Waals surface area contributed by atoms with Gasteiger partial charge in [-0.25, -0.2) is 0 Å². The molecular weight excluding hydrogens is 206 g/mol. The molecule has 0 saturated heterocycles. The van der Waals surface area contributed by atoms with Crippen LogP contribution in [0, 0.1) is 5.92 Å². The maximum absolute atomic E-state index is 11.7. The predicted octanol–water partition coefficient (Wildman–Crippen LogP) is -0.0457. The summed E-state index contributed by atoms with van der Waals surface area (Å²) in [5.74, 6) is 0.0331. The van der Waals surface area contributed by atoms with Crippen LogP contribution >= 0.6 is 0 Å². The molecule has 0 aliphatic heterocycles. The zero-order valence-electron chi connectivity index (χ0n) is 10.6. The molecule has 1 atom stereocenters. The maximum atomic E-state index is 11.7. The highest BCUT2D eigenvalue weighted by Gasteiger charge is 2.17. The standard InChI is InChI=1S/C11H23N3O2/c1-5-13-10(15)7-14(4)11(16)6-9(12)8(2)3/h8-9H,5-7,12H2,1-4H3,(H,13,15). The van der Waals surface area contributed by atoms with Gasteiger partial charge in [-0.05, 0) is 12.8 Å². The minimum atomic E-state index is -0.149. The van der Waals surface area contributed by atoms with Crippen molar-refractivity contribution in [1.29, 1.82) is 0 Å². The molecule has 1 unspecified atom stereocenters. The number of nitrogens with one attached hydrogen (secondary N) is 1. The van der Waals surface area contributed by atoms with Crippen LogP contribution in [0.3, 0.4) is 0 Å². The molecule has 0 aliphatic carbocycles. The van der Waals surface area contributed by atoms with E-state index in [1.54, 1.807) is 7.05 Å². The lowest BCUT2D eigenvalue weighted by atomic mass is 10.0. The van der Waals surface area contributed by atoms with Crippen LogP contribution in [-0.4, -0.2) is 42.9 Å². The Bertz CT molecular complexity index is 241. The first kappa shape index (κ1) is 14.9. The third-order valence-corrected chi connectivity index (χ3v) is 2.45. The summed E-state index contributed by atoms with van der Waals surface area (Å²) in [5.41, 5.74) is 5.80. The average molecular weight is 229 g/mol. The summed E-state index contributed by atoms with van der Waals surface area (Å²) < 4.78 is 0. The van der Waals surface area contributed by atoms with Crippen LogP contribution in [-0.2, 0) is 9.59 Å². The van der Waals surface area contributed by atoms with E-state index >= 15 is 0 Å². The topological polar surface area (TPSA) is 75.4 Å². The predicted molar refractivity (Wildman–Crippen MR) is 63.8 cm³/mol. The molecule has 94 valence electrons. The molecule has 3 N–H and O–H groups in total. The van der Waals surface area contributed by atoms with Crippen LogP contribution in [0.5, 0.6) is 0 Å². The van der Waals surface area contributed by atoms with E-state index in [1.807, 2.05) is 20.8 Å². The SMILES string of the molecule is CCNC(=O)CN(C)C(=O)CC(N)C(C)C. The Kier molecular flexibility index (Phi) is 6.72. The first-order valence-corrected chi connectivity index (χ1v) is 5.64. The van der Waals surface area contributed by atoms with E-state index in [9.17, 15) is 9.59 Å². The summed E-state index contributed by atoms with van der Waals surface area (Å²) in [5, 5.41) is 2.64. The number of nitrogens with two attached hydrogens (primary N) is 1. The number of hydrogen-bond donors (Lipinski definition) is 2. The van der Waals surface area contributed by atoms with Gasteiger partial charge in [-0.3, -0.25) is 9.59 Å². The van der Waals surface area contributed by atoms with E-state index in [2.05, 4.69) is 5.32 Å². The fraction of sp³-hybridized carbons (Fsp3) is 0.818. The Balaban J connectivity index is 4.04. The minimum absolute atomic E-state index is 0.0903. The molecule has 0 radical (unpaired) electrons. The van der Waals surface area contributed by atoms with Gasteiger partial charge in [-0.2, -0.15) is 0 Å². The Morgan fingerprint density at radius 1 is 1.38 bits per heavy atom. The summed E-state index contributed by atoms with van der Waals surface area (Å²) in [6.45, 7) is 6.46. The van der Waals surface area contributed by atoms with Gasteiger partial charge in [0.25, 0.3) is 0 Å². The summed E-state index contributed by atoms with van der Waals surface area (Å²) in [4.78, 5) is 24.3. The zero-order valence-corrected chi connectivity index (χ0v) is 10.6. The smallest absolute Gasteiger partial charge is 0.239 e. The molecule has 0 saturated carbocycles. The maximum Gasteiger partial charge on any atom is 0.239 e. The quantitative estimate of drug-likeness (QED) is 0.671. The summed E-state index contributed by atoms with van der Waals surface area (Å²) in [7, 11) is 1.62. The lowest BCUT2D eigenvalue weighted by Crippen LogP contribution is -2.41. The van der Waals surface area contributed by atoms with Crippen molar-refractivity contribution in [1.82, 2.24) is 10.2 Å². The summed E-state index contributed by atoms with van der Waals surface area (Å²) >= 11 is 0. The Hall–Kier alpha value is -1.10. The van der Waals surface area contributed by atoms with Crippen LogP contribution in [0.25, 0.3) is 0 Å². The Labute approximate surface area is 97.4 Å². The third-order valence-electron chi connectivity index (χ3n) is 2.45. The van der Waals surface area contributed by atoms with Gasteiger partial charge < -0.3 is 16.0 Å². The van der Waals surface area contributed by atoms with Crippen molar-refractivity contribution >= 4 is 11.8 Å². The first-order chi connectivity index (χ1) is 7.38. The third kappa shape index (κ3) is 5.70. The molecule has 5 nitrogen and oxygen atoms in total. The Morgan fingerprint density at radius 2 is 1.94 bits per heavy atom. The number of rotatable bonds is 6. The van der Waals surface area contributed by atoms with E-state index in [0.717, 1.165) is 0 Å². The van der Waals surface area contributed by atoms with Gasteiger partial charge >= 0.3 is 0 Å². The van der Waals surface area contributed by atoms with Crippen molar-refractivity contribution in [2.45, 2.75) is 33.2 Å². The average Bonchev–Trinajstić information content (AvgIpc) is 2.17. The molecule has 5 heteroatoms. The van der Waals surface area contributed by atoms with E-state index < -0.39 is 0 Å². The molecule has 0 aromatic carbocycles. The number of likely N-dealkylation sites (N-methyl/N-ethyl adjacent to an activating group) is 2. The van der Waals surface area contributed by atoms with Crippen molar-refractivity contribution in [2.75, 3.05) is 20.1 Å².